The molecule has 2 nitrogen and oxygen atoms in total. The molecular formula is C8H11BrN2. The first-order valence-corrected chi connectivity index (χ1v) is 4.28. The fourth-order valence-corrected chi connectivity index (χ4v) is 1.70. The Morgan fingerprint density at radius 3 is 2.73 bits per heavy atom. The number of halogens is 1. The van der Waals surface area contributed by atoms with Crippen LogP contribution in [0.25, 0.3) is 0 Å². The summed E-state index contributed by atoms with van der Waals surface area (Å²) in [5.74, 6) is 0. The number of nitrogens with zero attached hydrogens (tertiary/aromatic N) is 1. The molecule has 1 rings (SSSR count). The summed E-state index contributed by atoms with van der Waals surface area (Å²) in [4.78, 5) is 4.21. The van der Waals surface area contributed by atoms with E-state index >= 15 is 0 Å². The van der Waals surface area contributed by atoms with Gasteiger partial charge in [-0.1, -0.05) is 0 Å². The zero-order valence-electron chi connectivity index (χ0n) is 6.63. The number of aromatic nitrogens is 1. The van der Waals surface area contributed by atoms with Crippen molar-refractivity contribution in [1.29, 1.82) is 0 Å². The van der Waals surface area contributed by atoms with Gasteiger partial charge in [0.2, 0.25) is 0 Å². The van der Waals surface area contributed by atoms with E-state index < -0.39 is 0 Å². The summed E-state index contributed by atoms with van der Waals surface area (Å²) in [5, 5.41) is 0. The highest BCUT2D eigenvalue weighted by Crippen LogP contribution is 2.19. The van der Waals surface area contributed by atoms with Gasteiger partial charge in [0.25, 0.3) is 0 Å². The lowest BCUT2D eigenvalue weighted by atomic mass is 10.2. The predicted molar refractivity (Wildman–Crippen MR) is 49.3 cm³/mol. The minimum Gasteiger partial charge on any atom is -0.323 e. The van der Waals surface area contributed by atoms with E-state index in [-0.39, 0.29) is 6.04 Å². The van der Waals surface area contributed by atoms with E-state index in [0.29, 0.717) is 0 Å². The van der Waals surface area contributed by atoms with Crippen LogP contribution in [0.2, 0.25) is 0 Å². The van der Waals surface area contributed by atoms with Crippen molar-refractivity contribution in [3.8, 4) is 0 Å². The van der Waals surface area contributed by atoms with E-state index in [2.05, 4.69) is 20.9 Å². The highest BCUT2D eigenvalue weighted by molar-refractivity contribution is 9.10. The molecule has 1 atom stereocenters. The van der Waals surface area contributed by atoms with Crippen LogP contribution in [-0.2, 0) is 0 Å². The summed E-state index contributed by atoms with van der Waals surface area (Å²) in [6, 6.07) is 2.01. The summed E-state index contributed by atoms with van der Waals surface area (Å²) in [7, 11) is 0. The molecular weight excluding hydrogens is 204 g/mol. The van der Waals surface area contributed by atoms with Crippen LogP contribution in [0.4, 0.5) is 0 Å². The van der Waals surface area contributed by atoms with E-state index in [4.69, 9.17) is 5.73 Å². The molecule has 0 amide bonds. The van der Waals surface area contributed by atoms with Crippen LogP contribution in [-0.4, -0.2) is 4.98 Å². The number of hydrogen-bond acceptors (Lipinski definition) is 2. The van der Waals surface area contributed by atoms with Gasteiger partial charge in [-0.05, 0) is 41.4 Å². The van der Waals surface area contributed by atoms with Gasteiger partial charge in [-0.15, -0.1) is 0 Å². The van der Waals surface area contributed by atoms with Gasteiger partial charge in [0, 0.05) is 16.7 Å². The van der Waals surface area contributed by atoms with E-state index in [0.717, 1.165) is 15.7 Å². The second kappa shape index (κ2) is 3.32. The first kappa shape index (κ1) is 8.68. The van der Waals surface area contributed by atoms with Gasteiger partial charge >= 0.3 is 0 Å². The largest absolute Gasteiger partial charge is 0.323 e. The number of rotatable bonds is 1. The van der Waals surface area contributed by atoms with E-state index in [1.165, 1.54) is 0 Å². The van der Waals surface area contributed by atoms with Gasteiger partial charge in [-0.2, -0.15) is 0 Å². The molecule has 0 saturated heterocycles. The molecule has 0 radical (unpaired) electrons. The van der Waals surface area contributed by atoms with Crippen molar-refractivity contribution in [2.24, 2.45) is 5.73 Å². The third kappa shape index (κ3) is 2.01. The Kier molecular flexibility index (Phi) is 2.62. The van der Waals surface area contributed by atoms with Crippen molar-refractivity contribution in [2.45, 2.75) is 19.9 Å². The van der Waals surface area contributed by atoms with E-state index in [1.807, 2.05) is 26.1 Å². The van der Waals surface area contributed by atoms with Gasteiger partial charge in [-0.3, -0.25) is 4.98 Å². The molecule has 1 aromatic rings. The Morgan fingerprint density at radius 1 is 1.64 bits per heavy atom. The zero-order valence-corrected chi connectivity index (χ0v) is 8.22. The quantitative estimate of drug-likeness (QED) is 0.779. The molecule has 3 heteroatoms. The van der Waals surface area contributed by atoms with Crippen LogP contribution in [0.1, 0.15) is 24.2 Å². The minimum atomic E-state index is -0.00928. The Labute approximate surface area is 75.0 Å². The maximum absolute atomic E-state index is 5.67. The fraction of sp³-hybridized carbons (Fsp3) is 0.375. The van der Waals surface area contributed by atoms with Crippen LogP contribution in [0.3, 0.4) is 0 Å². The molecule has 0 fully saturated rings. The topological polar surface area (TPSA) is 38.9 Å². The average molecular weight is 215 g/mol. The maximum Gasteiger partial charge on any atom is 0.0710 e. The SMILES string of the molecule is Cc1cnc([C@@H](C)N)c(Br)c1. The van der Waals surface area contributed by atoms with Crippen molar-refractivity contribution >= 4 is 15.9 Å². The van der Waals surface area contributed by atoms with Crippen molar-refractivity contribution in [2.75, 3.05) is 0 Å². The Hall–Kier alpha value is -0.410. The van der Waals surface area contributed by atoms with Gasteiger partial charge < -0.3 is 5.73 Å². The summed E-state index contributed by atoms with van der Waals surface area (Å²) in [6.45, 7) is 3.92. The normalized spacial score (nSPS) is 13.1. The summed E-state index contributed by atoms with van der Waals surface area (Å²) >= 11 is 3.41. The smallest absolute Gasteiger partial charge is 0.0710 e. The van der Waals surface area contributed by atoms with E-state index in [9.17, 15) is 0 Å². The van der Waals surface area contributed by atoms with Crippen LogP contribution < -0.4 is 5.73 Å². The Balaban J connectivity index is 3.09. The van der Waals surface area contributed by atoms with Gasteiger partial charge in [0.1, 0.15) is 0 Å². The Morgan fingerprint density at radius 2 is 2.27 bits per heavy atom. The lowest BCUT2D eigenvalue weighted by molar-refractivity contribution is 0.774. The second-order valence-electron chi connectivity index (χ2n) is 2.67. The number of pyridine rings is 1. The molecule has 0 aliphatic rings. The third-order valence-electron chi connectivity index (χ3n) is 1.44. The van der Waals surface area contributed by atoms with Gasteiger partial charge in [-0.25, -0.2) is 0 Å². The first-order valence-electron chi connectivity index (χ1n) is 3.49. The predicted octanol–water partition coefficient (Wildman–Crippen LogP) is 2.17. The summed E-state index contributed by atoms with van der Waals surface area (Å²) in [5.41, 5.74) is 7.72. The molecule has 60 valence electrons. The molecule has 2 N–H and O–H groups in total. The molecule has 0 bridgehead atoms. The average Bonchev–Trinajstić information content (AvgIpc) is 1.85. The summed E-state index contributed by atoms with van der Waals surface area (Å²) < 4.78 is 0.993. The molecule has 0 spiro atoms. The Bertz CT molecular complexity index is 258. The van der Waals surface area contributed by atoms with Gasteiger partial charge in [0.05, 0.1) is 5.69 Å². The van der Waals surface area contributed by atoms with Crippen molar-refractivity contribution < 1.29 is 0 Å². The van der Waals surface area contributed by atoms with Crippen molar-refractivity contribution in [3.63, 3.8) is 0 Å². The van der Waals surface area contributed by atoms with Crippen molar-refractivity contribution in [3.05, 3.63) is 28.0 Å². The highest BCUT2D eigenvalue weighted by Gasteiger charge is 2.05. The first-order chi connectivity index (χ1) is 5.11. The molecule has 11 heavy (non-hydrogen) atoms. The third-order valence-corrected chi connectivity index (χ3v) is 2.07. The summed E-state index contributed by atoms with van der Waals surface area (Å²) in [6.07, 6.45) is 1.82. The molecule has 0 aromatic carbocycles. The number of aryl methyl sites for hydroxylation is 1. The van der Waals surface area contributed by atoms with Crippen molar-refractivity contribution in [1.82, 2.24) is 4.98 Å². The van der Waals surface area contributed by atoms with E-state index in [1.54, 1.807) is 0 Å². The number of nitrogens with two attached hydrogens (primary N) is 1. The maximum atomic E-state index is 5.67. The van der Waals surface area contributed by atoms with Crippen LogP contribution in [0.15, 0.2) is 16.7 Å². The van der Waals surface area contributed by atoms with Crippen LogP contribution >= 0.6 is 15.9 Å². The molecule has 1 aromatic heterocycles. The molecule has 0 aliphatic heterocycles. The lowest BCUT2D eigenvalue weighted by Crippen LogP contribution is -2.08. The molecule has 0 aliphatic carbocycles. The lowest BCUT2D eigenvalue weighted by Gasteiger charge is -2.06. The molecule has 0 unspecified atom stereocenters. The minimum absolute atomic E-state index is 0.00928. The monoisotopic (exact) mass is 214 g/mol. The molecule has 0 saturated carbocycles. The number of hydrogen-bond donors (Lipinski definition) is 1. The second-order valence-corrected chi connectivity index (χ2v) is 3.52. The molecule has 1 heterocycles. The van der Waals surface area contributed by atoms with Gasteiger partial charge in [0.15, 0.2) is 0 Å². The fourth-order valence-electron chi connectivity index (χ4n) is 0.879. The zero-order chi connectivity index (χ0) is 8.43. The highest BCUT2D eigenvalue weighted by atomic mass is 79.9. The standard InChI is InChI=1S/C8H11BrN2/c1-5-3-7(9)8(6(2)10)11-4-5/h3-4,6H,10H2,1-2H3/t6-/m1/s1. The van der Waals surface area contributed by atoms with Crippen LogP contribution in [0.5, 0.6) is 0 Å². The van der Waals surface area contributed by atoms with Crippen LogP contribution in [0, 0.1) is 6.92 Å².